The number of piperidine rings is 2. The van der Waals surface area contributed by atoms with Crippen LogP contribution >= 0.6 is 0 Å². The first-order valence-corrected chi connectivity index (χ1v) is 7.87. The summed E-state index contributed by atoms with van der Waals surface area (Å²) in [5.74, 6) is 0. The van der Waals surface area contributed by atoms with Gasteiger partial charge in [-0.05, 0) is 51.8 Å². The van der Waals surface area contributed by atoms with E-state index < -0.39 is 0 Å². The molecular weight excluding hydrogens is 234 g/mol. The number of hydrogen-bond acceptors (Lipinski definition) is 2. The molecule has 2 saturated heterocycles. The van der Waals surface area contributed by atoms with Gasteiger partial charge in [0, 0.05) is 43.1 Å². The van der Waals surface area contributed by atoms with E-state index in [1.54, 1.807) is 0 Å². The van der Waals surface area contributed by atoms with E-state index in [-0.39, 0.29) is 0 Å². The van der Waals surface area contributed by atoms with Crippen molar-refractivity contribution in [1.82, 2.24) is 14.8 Å². The zero-order valence-electron chi connectivity index (χ0n) is 12.3. The Balaban J connectivity index is 1.56. The highest BCUT2D eigenvalue weighted by Crippen LogP contribution is 2.32. The Kier molecular flexibility index (Phi) is 3.94. The molecule has 1 aromatic heterocycles. The van der Waals surface area contributed by atoms with E-state index >= 15 is 0 Å². The zero-order valence-corrected chi connectivity index (χ0v) is 12.3. The fourth-order valence-corrected chi connectivity index (χ4v) is 3.95. The van der Waals surface area contributed by atoms with Gasteiger partial charge in [0.1, 0.15) is 0 Å². The number of rotatable bonds is 4. The van der Waals surface area contributed by atoms with Crippen molar-refractivity contribution in [2.75, 3.05) is 7.05 Å². The summed E-state index contributed by atoms with van der Waals surface area (Å²) in [5, 5.41) is 3.80. The third kappa shape index (κ3) is 2.72. The molecule has 106 valence electrons. The van der Waals surface area contributed by atoms with E-state index in [9.17, 15) is 0 Å². The predicted molar refractivity (Wildman–Crippen MR) is 79.2 cm³/mol. The molecule has 2 unspecified atom stereocenters. The molecule has 0 amide bonds. The van der Waals surface area contributed by atoms with Crippen LogP contribution in [-0.2, 0) is 13.1 Å². The minimum Gasteiger partial charge on any atom is -0.351 e. The minimum absolute atomic E-state index is 0.715. The third-order valence-corrected chi connectivity index (χ3v) is 5.18. The standard InChI is InChI=1S/C16H27N3/c1-3-19-9-5-8-16(19)12-17-13-10-14-6-4-7-15(11-13)18(14)2/h5,8-9,13-15,17H,3-4,6-7,10-12H2,1-2H3. The normalized spacial score (nSPS) is 31.6. The fourth-order valence-electron chi connectivity index (χ4n) is 3.95. The Morgan fingerprint density at radius 3 is 2.68 bits per heavy atom. The first-order chi connectivity index (χ1) is 9.28. The van der Waals surface area contributed by atoms with Crippen molar-refractivity contribution in [3.8, 4) is 0 Å². The Labute approximate surface area is 117 Å². The van der Waals surface area contributed by atoms with Crippen LogP contribution in [0.5, 0.6) is 0 Å². The number of aryl methyl sites for hydroxylation is 1. The molecule has 1 aromatic rings. The van der Waals surface area contributed by atoms with Crippen LogP contribution in [0.1, 0.15) is 44.7 Å². The van der Waals surface area contributed by atoms with Crippen LogP contribution in [0.4, 0.5) is 0 Å². The van der Waals surface area contributed by atoms with Crippen molar-refractivity contribution in [3.63, 3.8) is 0 Å². The number of aromatic nitrogens is 1. The van der Waals surface area contributed by atoms with Crippen LogP contribution in [-0.4, -0.2) is 34.6 Å². The van der Waals surface area contributed by atoms with E-state index in [0.717, 1.165) is 25.2 Å². The SMILES string of the molecule is CCn1cccc1CNC1CC2CCCC(C1)N2C. The highest BCUT2D eigenvalue weighted by Gasteiger charge is 2.35. The molecule has 2 aliphatic rings. The lowest BCUT2D eigenvalue weighted by Crippen LogP contribution is -2.54. The summed E-state index contributed by atoms with van der Waals surface area (Å²) in [6.45, 7) is 4.31. The van der Waals surface area contributed by atoms with Crippen molar-refractivity contribution in [3.05, 3.63) is 24.0 Å². The summed E-state index contributed by atoms with van der Waals surface area (Å²) >= 11 is 0. The molecule has 0 radical (unpaired) electrons. The van der Waals surface area contributed by atoms with Gasteiger partial charge in [-0.3, -0.25) is 0 Å². The van der Waals surface area contributed by atoms with Crippen molar-refractivity contribution in [2.45, 2.75) is 70.2 Å². The van der Waals surface area contributed by atoms with Crippen molar-refractivity contribution >= 4 is 0 Å². The monoisotopic (exact) mass is 261 g/mol. The van der Waals surface area contributed by atoms with Crippen molar-refractivity contribution < 1.29 is 0 Å². The molecule has 19 heavy (non-hydrogen) atoms. The van der Waals surface area contributed by atoms with Gasteiger partial charge in [0.25, 0.3) is 0 Å². The van der Waals surface area contributed by atoms with Crippen LogP contribution in [0.2, 0.25) is 0 Å². The minimum atomic E-state index is 0.715. The molecule has 1 N–H and O–H groups in total. The largest absolute Gasteiger partial charge is 0.351 e. The lowest BCUT2D eigenvalue weighted by molar-refractivity contribution is 0.0481. The summed E-state index contributed by atoms with van der Waals surface area (Å²) in [4.78, 5) is 2.64. The molecule has 3 heterocycles. The Morgan fingerprint density at radius 1 is 1.26 bits per heavy atom. The second-order valence-corrected chi connectivity index (χ2v) is 6.24. The van der Waals surface area contributed by atoms with Gasteiger partial charge in [0.05, 0.1) is 0 Å². The molecule has 0 spiro atoms. The Morgan fingerprint density at radius 2 is 2.00 bits per heavy atom. The van der Waals surface area contributed by atoms with Gasteiger partial charge in [0.15, 0.2) is 0 Å². The molecule has 2 bridgehead atoms. The molecule has 3 nitrogen and oxygen atoms in total. The predicted octanol–water partition coefficient (Wildman–Crippen LogP) is 2.61. The van der Waals surface area contributed by atoms with Crippen LogP contribution in [0.25, 0.3) is 0 Å². The summed E-state index contributed by atoms with van der Waals surface area (Å²) in [6, 6.07) is 6.76. The second kappa shape index (κ2) is 5.68. The first-order valence-electron chi connectivity index (χ1n) is 7.87. The van der Waals surface area contributed by atoms with Gasteiger partial charge in [-0.15, -0.1) is 0 Å². The Hall–Kier alpha value is -0.800. The van der Waals surface area contributed by atoms with E-state index in [1.807, 2.05) is 0 Å². The van der Waals surface area contributed by atoms with Crippen LogP contribution in [0.3, 0.4) is 0 Å². The lowest BCUT2D eigenvalue weighted by atomic mass is 9.82. The molecule has 0 aromatic carbocycles. The van der Waals surface area contributed by atoms with Gasteiger partial charge in [-0.1, -0.05) is 6.42 Å². The summed E-state index contributed by atoms with van der Waals surface area (Å²) in [7, 11) is 2.33. The molecular formula is C16H27N3. The first kappa shape index (κ1) is 13.2. The van der Waals surface area contributed by atoms with Crippen molar-refractivity contribution in [2.24, 2.45) is 0 Å². The van der Waals surface area contributed by atoms with Crippen LogP contribution in [0.15, 0.2) is 18.3 Å². The molecule has 2 fully saturated rings. The fraction of sp³-hybridized carbons (Fsp3) is 0.750. The summed E-state index contributed by atoms with van der Waals surface area (Å²) in [6.07, 6.45) is 9.08. The summed E-state index contributed by atoms with van der Waals surface area (Å²) in [5.41, 5.74) is 1.42. The zero-order chi connectivity index (χ0) is 13.2. The van der Waals surface area contributed by atoms with Gasteiger partial charge >= 0.3 is 0 Å². The maximum Gasteiger partial charge on any atom is 0.0361 e. The number of nitrogens with zero attached hydrogens (tertiary/aromatic N) is 2. The van der Waals surface area contributed by atoms with E-state index in [4.69, 9.17) is 0 Å². The average molecular weight is 261 g/mol. The van der Waals surface area contributed by atoms with Crippen LogP contribution in [0, 0.1) is 0 Å². The molecule has 0 saturated carbocycles. The topological polar surface area (TPSA) is 20.2 Å². The van der Waals surface area contributed by atoms with Gasteiger partial charge in [-0.25, -0.2) is 0 Å². The van der Waals surface area contributed by atoms with Gasteiger partial charge in [0.2, 0.25) is 0 Å². The summed E-state index contributed by atoms with van der Waals surface area (Å²) < 4.78 is 2.34. The van der Waals surface area contributed by atoms with E-state index in [0.29, 0.717) is 6.04 Å². The molecule has 2 atom stereocenters. The molecule has 2 aliphatic heterocycles. The van der Waals surface area contributed by atoms with Crippen molar-refractivity contribution in [1.29, 1.82) is 0 Å². The van der Waals surface area contributed by atoms with E-state index in [1.165, 1.54) is 37.8 Å². The third-order valence-electron chi connectivity index (χ3n) is 5.18. The lowest BCUT2D eigenvalue weighted by Gasteiger charge is -2.47. The smallest absolute Gasteiger partial charge is 0.0361 e. The average Bonchev–Trinajstić information content (AvgIpc) is 2.84. The van der Waals surface area contributed by atoms with Crippen LogP contribution < -0.4 is 5.32 Å². The number of nitrogens with one attached hydrogen (secondary N) is 1. The molecule has 3 rings (SSSR count). The molecule has 3 heteroatoms. The van der Waals surface area contributed by atoms with E-state index in [2.05, 4.69) is 47.1 Å². The maximum absolute atomic E-state index is 3.80. The molecule has 0 aliphatic carbocycles. The Bertz CT molecular complexity index is 398. The maximum atomic E-state index is 3.80. The number of fused-ring (bicyclic) bond motifs is 2. The van der Waals surface area contributed by atoms with Gasteiger partial charge in [-0.2, -0.15) is 0 Å². The highest BCUT2D eigenvalue weighted by molar-refractivity contribution is 5.07. The second-order valence-electron chi connectivity index (χ2n) is 6.24. The van der Waals surface area contributed by atoms with Gasteiger partial charge < -0.3 is 14.8 Å². The highest BCUT2D eigenvalue weighted by atomic mass is 15.2. The number of hydrogen-bond donors (Lipinski definition) is 1. The quantitative estimate of drug-likeness (QED) is 0.899.